The van der Waals surface area contributed by atoms with Crippen molar-refractivity contribution in [2.24, 2.45) is 0 Å². The fourth-order valence-electron chi connectivity index (χ4n) is 3.29. The van der Waals surface area contributed by atoms with Crippen molar-refractivity contribution in [3.63, 3.8) is 0 Å². The minimum atomic E-state index is -4.11. The van der Waals surface area contributed by atoms with Gasteiger partial charge in [-0.25, -0.2) is 8.42 Å². The van der Waals surface area contributed by atoms with Gasteiger partial charge in [0.15, 0.2) is 5.82 Å². The number of rotatable bonds is 7. The Hall–Kier alpha value is -3.62. The number of halogens is 1. The van der Waals surface area contributed by atoms with Crippen LogP contribution in [0.1, 0.15) is 21.6 Å². The molecule has 0 radical (unpaired) electrons. The van der Waals surface area contributed by atoms with Crippen molar-refractivity contribution in [3.8, 4) is 0 Å². The number of hydrogen-bond donors (Lipinski definition) is 2. The van der Waals surface area contributed by atoms with Crippen molar-refractivity contribution in [3.05, 3.63) is 107 Å². The fraction of sp³-hybridized carbons (Fsp3) is 0.0833. The van der Waals surface area contributed by atoms with Crippen LogP contribution in [0.5, 0.6) is 0 Å². The average Bonchev–Trinajstić information content (AvgIpc) is 3.23. The zero-order valence-corrected chi connectivity index (χ0v) is 19.3. The lowest BCUT2D eigenvalue weighted by Gasteiger charge is -2.25. The number of para-hydroxylation sites is 1. The zero-order valence-electron chi connectivity index (χ0n) is 17.7. The van der Waals surface area contributed by atoms with E-state index in [1.807, 2.05) is 36.4 Å². The standard InChI is InChI=1S/C24H21ClN4O3S/c1-17-14-23(28-27-17)26-24(30)19-12-13-21(25)22(15-19)33(31,32)29(20-10-6-3-7-11-20)16-18-8-4-2-5-9-18/h2-15H,16H2,1H3,(H2,26,27,28,30). The number of H-pyrrole nitrogens is 1. The van der Waals surface area contributed by atoms with Crippen LogP contribution in [0.4, 0.5) is 11.5 Å². The van der Waals surface area contributed by atoms with Gasteiger partial charge in [-0.1, -0.05) is 60.1 Å². The molecule has 0 bridgehead atoms. The van der Waals surface area contributed by atoms with Crippen molar-refractivity contribution >= 4 is 39.0 Å². The van der Waals surface area contributed by atoms with E-state index in [0.29, 0.717) is 11.5 Å². The highest BCUT2D eigenvalue weighted by Crippen LogP contribution is 2.31. The van der Waals surface area contributed by atoms with Gasteiger partial charge in [0.1, 0.15) is 4.90 Å². The minimum Gasteiger partial charge on any atom is -0.305 e. The summed E-state index contributed by atoms with van der Waals surface area (Å²) in [4.78, 5) is 12.6. The summed E-state index contributed by atoms with van der Waals surface area (Å²) in [5.74, 6) is -0.157. The second-order valence-corrected chi connectivity index (χ2v) is 9.61. The van der Waals surface area contributed by atoms with E-state index in [9.17, 15) is 13.2 Å². The Kier molecular flexibility index (Phi) is 6.48. The number of benzene rings is 3. The molecule has 0 fully saturated rings. The van der Waals surface area contributed by atoms with Crippen molar-refractivity contribution in [1.29, 1.82) is 0 Å². The molecule has 0 spiro atoms. The number of carbonyl (C=O) groups is 1. The maximum absolute atomic E-state index is 13.8. The fourth-order valence-corrected chi connectivity index (χ4v) is 5.25. The number of aromatic amines is 1. The van der Waals surface area contributed by atoms with Crippen LogP contribution in [-0.2, 0) is 16.6 Å². The van der Waals surface area contributed by atoms with Gasteiger partial charge in [0.2, 0.25) is 0 Å². The summed E-state index contributed by atoms with van der Waals surface area (Å²) in [6.45, 7) is 1.91. The van der Waals surface area contributed by atoms with Crippen molar-refractivity contribution in [2.45, 2.75) is 18.4 Å². The first-order valence-electron chi connectivity index (χ1n) is 10.1. The zero-order chi connectivity index (χ0) is 23.4. The molecule has 0 aliphatic rings. The molecule has 9 heteroatoms. The van der Waals surface area contributed by atoms with Gasteiger partial charge in [-0.05, 0) is 42.8 Å². The quantitative estimate of drug-likeness (QED) is 0.388. The third-order valence-electron chi connectivity index (χ3n) is 4.92. The third kappa shape index (κ3) is 5.08. The number of aromatic nitrogens is 2. The molecular formula is C24H21ClN4O3S. The second kappa shape index (κ2) is 9.48. The van der Waals surface area contributed by atoms with E-state index >= 15 is 0 Å². The number of carbonyl (C=O) groups excluding carboxylic acids is 1. The summed E-state index contributed by atoms with van der Waals surface area (Å²) < 4.78 is 28.9. The van der Waals surface area contributed by atoms with E-state index in [1.165, 1.54) is 22.5 Å². The summed E-state index contributed by atoms with van der Waals surface area (Å²) >= 11 is 6.33. The molecule has 1 heterocycles. The van der Waals surface area contributed by atoms with Crippen LogP contribution in [0.15, 0.2) is 89.8 Å². The number of sulfonamides is 1. The van der Waals surface area contributed by atoms with Gasteiger partial charge in [0.25, 0.3) is 15.9 Å². The van der Waals surface area contributed by atoms with Crippen LogP contribution < -0.4 is 9.62 Å². The molecule has 0 unspecified atom stereocenters. The summed E-state index contributed by atoms with van der Waals surface area (Å²) in [6, 6.07) is 23.9. The highest BCUT2D eigenvalue weighted by Gasteiger charge is 2.28. The summed E-state index contributed by atoms with van der Waals surface area (Å²) in [5, 5.41) is 9.38. The molecule has 33 heavy (non-hydrogen) atoms. The molecule has 2 N–H and O–H groups in total. The molecule has 0 aliphatic heterocycles. The van der Waals surface area contributed by atoms with Crippen LogP contribution in [0.3, 0.4) is 0 Å². The Morgan fingerprint density at radius 1 is 1.00 bits per heavy atom. The number of anilines is 2. The van der Waals surface area contributed by atoms with Crippen LogP contribution >= 0.6 is 11.6 Å². The summed E-state index contributed by atoms with van der Waals surface area (Å²) in [5.41, 5.74) is 2.22. The molecule has 0 aliphatic carbocycles. The highest BCUT2D eigenvalue weighted by atomic mass is 35.5. The van der Waals surface area contributed by atoms with Crippen LogP contribution in [0, 0.1) is 6.92 Å². The predicted octanol–water partition coefficient (Wildman–Crippen LogP) is 5.02. The van der Waals surface area contributed by atoms with Crippen molar-refractivity contribution < 1.29 is 13.2 Å². The Balaban J connectivity index is 1.72. The topological polar surface area (TPSA) is 95.2 Å². The van der Waals surface area contributed by atoms with Gasteiger partial charge >= 0.3 is 0 Å². The highest BCUT2D eigenvalue weighted by molar-refractivity contribution is 7.93. The first-order chi connectivity index (χ1) is 15.8. The molecule has 0 saturated carbocycles. The SMILES string of the molecule is Cc1cc(NC(=O)c2ccc(Cl)c(S(=O)(=O)N(Cc3ccccc3)c3ccccc3)c2)n[nH]1. The Labute approximate surface area is 197 Å². The first-order valence-corrected chi connectivity index (χ1v) is 11.9. The Morgan fingerprint density at radius 2 is 1.67 bits per heavy atom. The molecule has 0 saturated heterocycles. The molecule has 1 aromatic heterocycles. The van der Waals surface area contributed by atoms with E-state index in [-0.39, 0.29) is 22.0 Å². The molecule has 168 valence electrons. The lowest BCUT2D eigenvalue weighted by atomic mass is 10.2. The first kappa shape index (κ1) is 22.6. The van der Waals surface area contributed by atoms with Crippen LogP contribution in [-0.4, -0.2) is 24.5 Å². The number of aryl methyl sites for hydroxylation is 1. The van der Waals surface area contributed by atoms with Crippen LogP contribution in [0.25, 0.3) is 0 Å². The maximum atomic E-state index is 13.8. The average molecular weight is 481 g/mol. The maximum Gasteiger partial charge on any atom is 0.266 e. The third-order valence-corrected chi connectivity index (χ3v) is 7.18. The Bertz CT molecular complexity index is 1370. The normalized spacial score (nSPS) is 11.2. The van der Waals surface area contributed by atoms with Crippen LogP contribution in [0.2, 0.25) is 5.02 Å². The molecule has 0 atom stereocenters. The van der Waals surface area contributed by atoms with E-state index in [1.54, 1.807) is 37.3 Å². The lowest BCUT2D eigenvalue weighted by Crippen LogP contribution is -2.31. The number of amides is 1. The van der Waals surface area contributed by atoms with Crippen molar-refractivity contribution in [1.82, 2.24) is 10.2 Å². The minimum absolute atomic E-state index is 0.0242. The van der Waals surface area contributed by atoms with E-state index in [0.717, 1.165) is 11.3 Å². The second-order valence-electron chi connectivity index (χ2n) is 7.37. The summed E-state index contributed by atoms with van der Waals surface area (Å²) in [7, 11) is -4.11. The van der Waals surface area contributed by atoms with Gasteiger partial charge in [-0.15, -0.1) is 0 Å². The van der Waals surface area contributed by atoms with Gasteiger partial charge in [0.05, 0.1) is 17.3 Å². The Morgan fingerprint density at radius 3 is 2.30 bits per heavy atom. The van der Waals surface area contributed by atoms with E-state index in [4.69, 9.17) is 11.6 Å². The van der Waals surface area contributed by atoms with Gasteiger partial charge in [0, 0.05) is 17.3 Å². The monoisotopic (exact) mass is 480 g/mol. The van der Waals surface area contributed by atoms with Gasteiger partial charge < -0.3 is 5.32 Å². The largest absolute Gasteiger partial charge is 0.305 e. The smallest absolute Gasteiger partial charge is 0.266 e. The van der Waals surface area contributed by atoms with E-state index in [2.05, 4.69) is 15.5 Å². The number of hydrogen-bond acceptors (Lipinski definition) is 4. The van der Waals surface area contributed by atoms with Crippen molar-refractivity contribution in [2.75, 3.05) is 9.62 Å². The van der Waals surface area contributed by atoms with E-state index < -0.39 is 15.9 Å². The molecule has 4 rings (SSSR count). The van der Waals surface area contributed by atoms with Gasteiger partial charge in [-0.2, -0.15) is 5.10 Å². The molecule has 7 nitrogen and oxygen atoms in total. The molecule has 4 aromatic rings. The predicted molar refractivity (Wildman–Crippen MR) is 129 cm³/mol. The number of nitrogens with zero attached hydrogens (tertiary/aromatic N) is 2. The lowest BCUT2D eigenvalue weighted by molar-refractivity contribution is 0.102. The molecular weight excluding hydrogens is 460 g/mol. The molecule has 3 aromatic carbocycles. The molecule has 1 amide bonds. The van der Waals surface area contributed by atoms with Gasteiger partial charge in [-0.3, -0.25) is 14.2 Å². The number of nitrogens with one attached hydrogen (secondary N) is 2. The summed E-state index contributed by atoms with van der Waals surface area (Å²) in [6.07, 6.45) is 0.